The highest BCUT2D eigenvalue weighted by atomic mass is 16.1. The van der Waals surface area contributed by atoms with Crippen LogP contribution in [0, 0.1) is 11.8 Å². The maximum Gasteiger partial charge on any atom is 0.237 e. The second kappa shape index (κ2) is 3.66. The molecule has 3 N–H and O–H groups in total. The predicted molar refractivity (Wildman–Crippen MR) is 53.2 cm³/mol. The van der Waals surface area contributed by atoms with E-state index in [9.17, 15) is 4.79 Å². The first-order chi connectivity index (χ1) is 6.00. The van der Waals surface area contributed by atoms with Gasteiger partial charge in [0.05, 0.1) is 5.54 Å². The van der Waals surface area contributed by atoms with Gasteiger partial charge in [-0.05, 0) is 38.1 Å². The first kappa shape index (κ1) is 10.5. The maximum absolute atomic E-state index is 11.4. The molecule has 0 spiro atoms. The lowest BCUT2D eigenvalue weighted by Crippen LogP contribution is -2.57. The molecule has 0 aromatic heterocycles. The van der Waals surface area contributed by atoms with Crippen LogP contribution in [0.5, 0.6) is 0 Å². The largest absolute Gasteiger partial charge is 0.368 e. The molecule has 1 aliphatic carbocycles. The van der Waals surface area contributed by atoms with Crippen LogP contribution in [0.15, 0.2) is 0 Å². The van der Waals surface area contributed by atoms with Crippen LogP contribution in [-0.2, 0) is 4.79 Å². The van der Waals surface area contributed by atoms with Crippen molar-refractivity contribution in [3.05, 3.63) is 0 Å². The van der Waals surface area contributed by atoms with Crippen molar-refractivity contribution >= 4 is 5.91 Å². The van der Waals surface area contributed by atoms with Crippen molar-refractivity contribution in [1.29, 1.82) is 0 Å². The van der Waals surface area contributed by atoms with Gasteiger partial charge in [0, 0.05) is 0 Å². The summed E-state index contributed by atoms with van der Waals surface area (Å²) in [4.78, 5) is 11.4. The second-order valence-electron chi connectivity index (χ2n) is 4.55. The molecule has 3 nitrogen and oxygen atoms in total. The third-order valence-corrected chi connectivity index (χ3v) is 3.15. The Balaban J connectivity index is 2.80. The van der Waals surface area contributed by atoms with Crippen molar-refractivity contribution in [2.24, 2.45) is 17.6 Å². The van der Waals surface area contributed by atoms with E-state index in [0.717, 1.165) is 12.8 Å². The average Bonchev–Trinajstić information content (AvgIpc) is 2.02. The summed E-state index contributed by atoms with van der Waals surface area (Å²) in [6.07, 6.45) is 2.96. The van der Waals surface area contributed by atoms with E-state index in [1.807, 2.05) is 7.05 Å². The van der Waals surface area contributed by atoms with Gasteiger partial charge < -0.3 is 11.1 Å². The molecule has 0 heterocycles. The standard InChI is InChI=1S/C10H20N2O/c1-7-4-8(2)6-10(5-7,12-3)9(11)13/h7-8,12H,4-6H2,1-3H3,(H2,11,13). The maximum atomic E-state index is 11.4. The fraction of sp³-hybridized carbons (Fsp3) is 0.900. The minimum Gasteiger partial charge on any atom is -0.368 e. The molecule has 2 unspecified atom stereocenters. The van der Waals surface area contributed by atoms with Gasteiger partial charge in [-0.25, -0.2) is 0 Å². The first-order valence-corrected chi connectivity index (χ1v) is 4.99. The van der Waals surface area contributed by atoms with Crippen molar-refractivity contribution in [3.63, 3.8) is 0 Å². The number of carbonyl (C=O) groups is 1. The van der Waals surface area contributed by atoms with Crippen molar-refractivity contribution in [2.45, 2.75) is 38.6 Å². The lowest BCUT2D eigenvalue weighted by Gasteiger charge is -2.40. The van der Waals surface area contributed by atoms with Gasteiger partial charge in [-0.1, -0.05) is 13.8 Å². The lowest BCUT2D eigenvalue weighted by molar-refractivity contribution is -0.126. The zero-order valence-corrected chi connectivity index (χ0v) is 8.76. The van der Waals surface area contributed by atoms with Crippen LogP contribution in [0.25, 0.3) is 0 Å². The number of carbonyl (C=O) groups excluding carboxylic acids is 1. The van der Waals surface area contributed by atoms with Gasteiger partial charge in [-0.3, -0.25) is 4.79 Å². The van der Waals surface area contributed by atoms with Gasteiger partial charge in [0.1, 0.15) is 0 Å². The molecule has 3 heteroatoms. The molecule has 0 radical (unpaired) electrons. The van der Waals surface area contributed by atoms with Crippen molar-refractivity contribution in [2.75, 3.05) is 7.05 Å². The molecule has 1 fully saturated rings. The van der Waals surface area contributed by atoms with Gasteiger partial charge in [0.2, 0.25) is 5.91 Å². The molecule has 76 valence electrons. The average molecular weight is 184 g/mol. The minimum atomic E-state index is -0.447. The molecule has 1 saturated carbocycles. The summed E-state index contributed by atoms with van der Waals surface area (Å²) in [5.74, 6) is 0.973. The van der Waals surface area contributed by atoms with Gasteiger partial charge in [-0.15, -0.1) is 0 Å². The van der Waals surface area contributed by atoms with Crippen molar-refractivity contribution < 1.29 is 4.79 Å². The van der Waals surface area contributed by atoms with E-state index in [4.69, 9.17) is 5.73 Å². The van der Waals surface area contributed by atoms with E-state index in [-0.39, 0.29) is 5.91 Å². The quantitative estimate of drug-likeness (QED) is 0.669. The molecule has 1 aliphatic rings. The second-order valence-corrected chi connectivity index (χ2v) is 4.55. The Bertz CT molecular complexity index is 193. The van der Waals surface area contributed by atoms with E-state index in [1.165, 1.54) is 6.42 Å². The Morgan fingerprint density at radius 1 is 1.38 bits per heavy atom. The molecule has 1 rings (SSSR count). The van der Waals surface area contributed by atoms with Gasteiger partial charge in [0.15, 0.2) is 0 Å². The molecular formula is C10H20N2O. The fourth-order valence-electron chi connectivity index (χ4n) is 2.66. The van der Waals surface area contributed by atoms with Crippen molar-refractivity contribution in [3.8, 4) is 0 Å². The number of nitrogens with one attached hydrogen (secondary N) is 1. The Morgan fingerprint density at radius 2 is 1.85 bits per heavy atom. The topological polar surface area (TPSA) is 55.1 Å². The summed E-state index contributed by atoms with van der Waals surface area (Å²) in [5, 5.41) is 3.10. The monoisotopic (exact) mass is 184 g/mol. The highest BCUT2D eigenvalue weighted by Gasteiger charge is 2.41. The number of rotatable bonds is 2. The molecule has 0 bridgehead atoms. The summed E-state index contributed by atoms with van der Waals surface area (Å²) in [6, 6.07) is 0. The number of nitrogens with two attached hydrogens (primary N) is 1. The Kier molecular flexibility index (Phi) is 2.96. The number of likely N-dealkylation sites (N-methyl/N-ethyl adjacent to an activating group) is 1. The molecular weight excluding hydrogens is 164 g/mol. The van der Waals surface area contributed by atoms with E-state index < -0.39 is 5.54 Å². The summed E-state index contributed by atoms with van der Waals surface area (Å²) >= 11 is 0. The SMILES string of the molecule is CNC1(C(N)=O)CC(C)CC(C)C1. The number of amides is 1. The van der Waals surface area contributed by atoms with Gasteiger partial charge in [0.25, 0.3) is 0 Å². The van der Waals surface area contributed by atoms with E-state index >= 15 is 0 Å². The van der Waals surface area contributed by atoms with Crippen LogP contribution in [0.4, 0.5) is 0 Å². The van der Waals surface area contributed by atoms with Crippen LogP contribution in [0.1, 0.15) is 33.1 Å². The molecule has 0 aliphatic heterocycles. The van der Waals surface area contributed by atoms with Crippen LogP contribution < -0.4 is 11.1 Å². The molecule has 1 amide bonds. The van der Waals surface area contributed by atoms with E-state index in [0.29, 0.717) is 11.8 Å². The number of hydrogen-bond donors (Lipinski definition) is 2. The van der Waals surface area contributed by atoms with Gasteiger partial charge in [-0.2, -0.15) is 0 Å². The molecule has 13 heavy (non-hydrogen) atoms. The third kappa shape index (κ3) is 2.02. The smallest absolute Gasteiger partial charge is 0.237 e. The molecule has 0 aromatic carbocycles. The lowest BCUT2D eigenvalue weighted by atomic mass is 9.71. The minimum absolute atomic E-state index is 0.201. The van der Waals surface area contributed by atoms with Crippen LogP contribution in [-0.4, -0.2) is 18.5 Å². The van der Waals surface area contributed by atoms with Crippen LogP contribution >= 0.6 is 0 Å². The highest BCUT2D eigenvalue weighted by molar-refractivity contribution is 5.84. The van der Waals surface area contributed by atoms with Gasteiger partial charge >= 0.3 is 0 Å². The summed E-state index contributed by atoms with van der Waals surface area (Å²) in [6.45, 7) is 4.37. The van der Waals surface area contributed by atoms with Crippen molar-refractivity contribution in [1.82, 2.24) is 5.32 Å². The summed E-state index contributed by atoms with van der Waals surface area (Å²) in [5.41, 5.74) is 4.99. The normalized spacial score (nSPS) is 40.2. The third-order valence-electron chi connectivity index (χ3n) is 3.15. The number of hydrogen-bond acceptors (Lipinski definition) is 2. The zero-order chi connectivity index (χ0) is 10.1. The van der Waals surface area contributed by atoms with E-state index in [2.05, 4.69) is 19.2 Å². The molecule has 0 aromatic rings. The highest BCUT2D eigenvalue weighted by Crippen LogP contribution is 2.35. The Morgan fingerprint density at radius 3 is 2.15 bits per heavy atom. The predicted octanol–water partition coefficient (Wildman–Crippen LogP) is 0.886. The van der Waals surface area contributed by atoms with Crippen LogP contribution in [0.3, 0.4) is 0 Å². The molecule has 0 saturated heterocycles. The van der Waals surface area contributed by atoms with Crippen LogP contribution in [0.2, 0.25) is 0 Å². The number of primary amides is 1. The fourth-order valence-corrected chi connectivity index (χ4v) is 2.66. The Labute approximate surface area is 80.1 Å². The van der Waals surface area contributed by atoms with E-state index in [1.54, 1.807) is 0 Å². The molecule has 2 atom stereocenters. The Hall–Kier alpha value is -0.570. The first-order valence-electron chi connectivity index (χ1n) is 4.99. The summed E-state index contributed by atoms with van der Waals surface area (Å²) in [7, 11) is 1.83. The zero-order valence-electron chi connectivity index (χ0n) is 8.76. The summed E-state index contributed by atoms with van der Waals surface area (Å²) < 4.78 is 0.